The Kier molecular flexibility index (Phi) is 5.40. The lowest BCUT2D eigenvalue weighted by molar-refractivity contribution is -0.323. The molecule has 0 aliphatic carbocycles. The lowest BCUT2D eigenvalue weighted by Gasteiger charge is -2.23. The first kappa shape index (κ1) is 13.7. The maximum absolute atomic E-state index is 11.5. The fraction of sp³-hybridized carbons (Fsp3) is 1.00. The first-order chi connectivity index (χ1) is 6.27. The van der Waals surface area contributed by atoms with Crippen LogP contribution in [0.25, 0.3) is 0 Å². The Morgan fingerprint density at radius 2 is 1.79 bits per heavy atom. The quantitative estimate of drug-likeness (QED) is 0.682. The van der Waals surface area contributed by atoms with Crippen molar-refractivity contribution >= 4 is 0 Å². The molecule has 0 aliphatic heterocycles. The number of hydrogen-bond acceptors (Lipinski definition) is 3. The third-order valence-electron chi connectivity index (χ3n) is 1.65. The van der Waals surface area contributed by atoms with E-state index < -0.39 is 6.36 Å². The number of nitrogens with one attached hydrogen (secondary N) is 1. The Morgan fingerprint density at radius 3 is 2.21 bits per heavy atom. The molecule has 14 heavy (non-hydrogen) atoms. The van der Waals surface area contributed by atoms with Gasteiger partial charge in [-0.2, -0.15) is 0 Å². The van der Waals surface area contributed by atoms with Crippen molar-refractivity contribution in [2.45, 2.75) is 25.8 Å². The van der Waals surface area contributed by atoms with Crippen molar-refractivity contribution < 1.29 is 22.6 Å². The van der Waals surface area contributed by atoms with Gasteiger partial charge in [0.1, 0.15) is 0 Å². The van der Waals surface area contributed by atoms with Gasteiger partial charge in [0.2, 0.25) is 0 Å². The van der Waals surface area contributed by atoms with E-state index in [0.29, 0.717) is 6.54 Å². The molecule has 0 fully saturated rings. The SMILES string of the molecule is COC(C)(C)CNCCOC(F)(F)F. The van der Waals surface area contributed by atoms with Crippen LogP contribution in [-0.2, 0) is 9.47 Å². The summed E-state index contributed by atoms with van der Waals surface area (Å²) < 4.78 is 43.2. The number of halogens is 3. The molecule has 0 heterocycles. The second-order valence-corrected chi connectivity index (χ2v) is 3.43. The molecule has 3 nitrogen and oxygen atoms in total. The minimum atomic E-state index is -4.54. The van der Waals surface area contributed by atoms with E-state index in [2.05, 4.69) is 10.1 Å². The molecule has 0 atom stereocenters. The molecular weight excluding hydrogens is 199 g/mol. The molecule has 1 N–H and O–H groups in total. The Bertz CT molecular complexity index is 159. The van der Waals surface area contributed by atoms with Gasteiger partial charge in [-0.15, -0.1) is 13.2 Å². The number of alkyl halides is 3. The van der Waals surface area contributed by atoms with Crippen molar-refractivity contribution in [1.29, 1.82) is 0 Å². The monoisotopic (exact) mass is 215 g/mol. The van der Waals surface area contributed by atoms with Crippen LogP contribution in [0.1, 0.15) is 13.8 Å². The average molecular weight is 215 g/mol. The summed E-state index contributed by atoms with van der Waals surface area (Å²) in [5.74, 6) is 0. The Hall–Kier alpha value is -0.330. The molecular formula is C8H16F3NO2. The van der Waals surface area contributed by atoms with Crippen LogP contribution in [0.2, 0.25) is 0 Å². The van der Waals surface area contributed by atoms with E-state index in [1.807, 2.05) is 13.8 Å². The highest BCUT2D eigenvalue weighted by molar-refractivity contribution is 4.70. The predicted octanol–water partition coefficient (Wildman–Crippen LogP) is 1.54. The van der Waals surface area contributed by atoms with Crippen LogP contribution in [0, 0.1) is 0 Å². The van der Waals surface area contributed by atoms with Gasteiger partial charge < -0.3 is 10.1 Å². The smallest absolute Gasteiger partial charge is 0.377 e. The fourth-order valence-electron chi connectivity index (χ4n) is 0.701. The summed E-state index contributed by atoms with van der Waals surface area (Å²) in [6, 6.07) is 0. The standard InChI is InChI=1S/C8H16F3NO2/c1-7(2,13-3)6-12-4-5-14-8(9,10)11/h12H,4-6H2,1-3H3. The van der Waals surface area contributed by atoms with Crippen LogP contribution in [0.3, 0.4) is 0 Å². The van der Waals surface area contributed by atoms with Crippen LogP contribution < -0.4 is 5.32 Å². The van der Waals surface area contributed by atoms with E-state index in [0.717, 1.165) is 0 Å². The zero-order chi connectivity index (χ0) is 11.2. The average Bonchev–Trinajstić information content (AvgIpc) is 2.01. The summed E-state index contributed by atoms with van der Waals surface area (Å²) in [5, 5.41) is 2.80. The first-order valence-corrected chi connectivity index (χ1v) is 4.23. The second-order valence-electron chi connectivity index (χ2n) is 3.43. The molecule has 0 radical (unpaired) electrons. The van der Waals surface area contributed by atoms with Gasteiger partial charge in [-0.25, -0.2) is 0 Å². The Morgan fingerprint density at radius 1 is 1.21 bits per heavy atom. The van der Waals surface area contributed by atoms with E-state index in [-0.39, 0.29) is 18.8 Å². The van der Waals surface area contributed by atoms with Gasteiger partial charge in [0.05, 0.1) is 12.2 Å². The first-order valence-electron chi connectivity index (χ1n) is 4.23. The summed E-state index contributed by atoms with van der Waals surface area (Å²) in [6.45, 7) is 3.91. The Balaban J connectivity index is 3.39. The maximum Gasteiger partial charge on any atom is 0.522 e. The minimum absolute atomic E-state index is 0.145. The van der Waals surface area contributed by atoms with E-state index in [1.54, 1.807) is 7.11 Å². The summed E-state index contributed by atoms with van der Waals surface area (Å²) >= 11 is 0. The molecule has 86 valence electrons. The van der Waals surface area contributed by atoms with Crippen molar-refractivity contribution in [2.75, 3.05) is 26.8 Å². The van der Waals surface area contributed by atoms with Gasteiger partial charge in [0.15, 0.2) is 0 Å². The molecule has 0 rings (SSSR count). The molecule has 0 aromatic carbocycles. The van der Waals surface area contributed by atoms with Crippen LogP contribution in [0.5, 0.6) is 0 Å². The molecule has 0 amide bonds. The summed E-state index contributed by atoms with van der Waals surface area (Å²) in [5.41, 5.74) is -0.377. The normalized spacial score (nSPS) is 13.3. The number of rotatable bonds is 6. The van der Waals surface area contributed by atoms with Gasteiger partial charge in [-0.3, -0.25) is 4.74 Å². The molecule has 6 heteroatoms. The van der Waals surface area contributed by atoms with Crippen LogP contribution in [-0.4, -0.2) is 38.8 Å². The van der Waals surface area contributed by atoms with E-state index in [9.17, 15) is 13.2 Å². The predicted molar refractivity (Wildman–Crippen MR) is 46.0 cm³/mol. The van der Waals surface area contributed by atoms with E-state index in [4.69, 9.17) is 4.74 Å². The van der Waals surface area contributed by atoms with Gasteiger partial charge in [-0.05, 0) is 13.8 Å². The summed E-state index contributed by atoms with van der Waals surface area (Å²) in [6.07, 6.45) is -4.54. The topological polar surface area (TPSA) is 30.5 Å². The van der Waals surface area contributed by atoms with Gasteiger partial charge in [-0.1, -0.05) is 0 Å². The molecule has 0 aliphatic rings. The lowest BCUT2D eigenvalue weighted by Crippen LogP contribution is -2.38. The molecule has 0 bridgehead atoms. The highest BCUT2D eigenvalue weighted by Gasteiger charge is 2.28. The summed E-state index contributed by atoms with van der Waals surface area (Å²) in [4.78, 5) is 0. The van der Waals surface area contributed by atoms with Crippen LogP contribution >= 0.6 is 0 Å². The number of hydrogen-bond donors (Lipinski definition) is 1. The maximum atomic E-state index is 11.5. The summed E-state index contributed by atoms with van der Waals surface area (Å²) in [7, 11) is 1.55. The zero-order valence-electron chi connectivity index (χ0n) is 8.57. The zero-order valence-corrected chi connectivity index (χ0v) is 8.57. The number of ether oxygens (including phenoxy) is 2. The third-order valence-corrected chi connectivity index (χ3v) is 1.65. The lowest BCUT2D eigenvalue weighted by atomic mass is 10.1. The molecule has 0 aromatic heterocycles. The Labute approximate surface area is 81.6 Å². The largest absolute Gasteiger partial charge is 0.522 e. The molecule has 0 spiro atoms. The van der Waals surface area contributed by atoms with Crippen molar-refractivity contribution in [3.63, 3.8) is 0 Å². The molecule has 0 saturated heterocycles. The number of methoxy groups -OCH3 is 1. The van der Waals surface area contributed by atoms with E-state index >= 15 is 0 Å². The van der Waals surface area contributed by atoms with Crippen LogP contribution in [0.15, 0.2) is 0 Å². The van der Waals surface area contributed by atoms with Crippen molar-refractivity contribution in [2.24, 2.45) is 0 Å². The van der Waals surface area contributed by atoms with Gasteiger partial charge in [0, 0.05) is 20.2 Å². The van der Waals surface area contributed by atoms with Crippen molar-refractivity contribution in [3.05, 3.63) is 0 Å². The molecule has 0 unspecified atom stereocenters. The van der Waals surface area contributed by atoms with Gasteiger partial charge in [0.25, 0.3) is 0 Å². The van der Waals surface area contributed by atoms with Crippen molar-refractivity contribution in [1.82, 2.24) is 5.32 Å². The fourth-order valence-corrected chi connectivity index (χ4v) is 0.701. The van der Waals surface area contributed by atoms with Gasteiger partial charge >= 0.3 is 6.36 Å². The second kappa shape index (κ2) is 5.53. The molecule has 0 aromatic rings. The third kappa shape index (κ3) is 8.28. The molecule has 0 saturated carbocycles. The highest BCUT2D eigenvalue weighted by Crippen LogP contribution is 2.15. The highest BCUT2D eigenvalue weighted by atomic mass is 19.4. The van der Waals surface area contributed by atoms with E-state index in [1.165, 1.54) is 0 Å². The van der Waals surface area contributed by atoms with Crippen molar-refractivity contribution in [3.8, 4) is 0 Å². The minimum Gasteiger partial charge on any atom is -0.377 e. The van der Waals surface area contributed by atoms with Crippen LogP contribution in [0.4, 0.5) is 13.2 Å².